The van der Waals surface area contributed by atoms with Gasteiger partial charge in [0.25, 0.3) is 5.91 Å². The van der Waals surface area contributed by atoms with Gasteiger partial charge in [0.1, 0.15) is 5.75 Å². The van der Waals surface area contributed by atoms with E-state index in [1.165, 1.54) is 5.56 Å². The van der Waals surface area contributed by atoms with Gasteiger partial charge < -0.3 is 15.0 Å². The lowest BCUT2D eigenvalue weighted by molar-refractivity contribution is -0.132. The number of likely N-dealkylation sites (N-methyl/N-ethyl adjacent to an activating group) is 1. The molecule has 0 spiro atoms. The van der Waals surface area contributed by atoms with Crippen molar-refractivity contribution in [1.29, 1.82) is 0 Å². The fraction of sp³-hybridized carbons (Fsp3) is 0.562. The van der Waals surface area contributed by atoms with Crippen molar-refractivity contribution in [3.05, 3.63) is 29.3 Å². The number of nitrogens with one attached hydrogen (secondary N) is 1. The third kappa shape index (κ3) is 3.51. The molecule has 1 aromatic rings. The highest BCUT2D eigenvalue weighted by Crippen LogP contribution is 2.24. The van der Waals surface area contributed by atoms with E-state index in [-0.39, 0.29) is 12.0 Å². The number of nitrogens with zero attached hydrogens (tertiary/aromatic N) is 1. The van der Waals surface area contributed by atoms with E-state index in [1.807, 2.05) is 19.2 Å². The van der Waals surface area contributed by atoms with Crippen LogP contribution >= 0.6 is 0 Å². The third-order valence-corrected chi connectivity index (χ3v) is 3.61. The molecule has 4 heteroatoms. The Morgan fingerprint density at radius 3 is 2.90 bits per heavy atom. The standard InChI is InChI=1S/C16H24N2O2/c1-4-8-17-11-13-10-12(2)5-6-14(13)20-15-7-9-18(3)16(15)19/h5-6,10,15,17H,4,7-9,11H2,1-3H3. The second kappa shape index (κ2) is 6.75. The van der Waals surface area contributed by atoms with Crippen LogP contribution in [0.2, 0.25) is 0 Å². The van der Waals surface area contributed by atoms with Crippen LogP contribution in [-0.2, 0) is 11.3 Å². The summed E-state index contributed by atoms with van der Waals surface area (Å²) in [4.78, 5) is 13.7. The molecule has 0 saturated carbocycles. The largest absolute Gasteiger partial charge is 0.480 e. The number of benzene rings is 1. The van der Waals surface area contributed by atoms with Gasteiger partial charge >= 0.3 is 0 Å². The number of carbonyl (C=O) groups excluding carboxylic acids is 1. The van der Waals surface area contributed by atoms with Gasteiger partial charge in [-0.05, 0) is 26.0 Å². The van der Waals surface area contributed by atoms with Crippen molar-refractivity contribution in [2.45, 2.75) is 39.3 Å². The summed E-state index contributed by atoms with van der Waals surface area (Å²) in [5.41, 5.74) is 2.33. The van der Waals surface area contributed by atoms with Gasteiger partial charge in [-0.25, -0.2) is 0 Å². The number of hydrogen-bond acceptors (Lipinski definition) is 3. The Morgan fingerprint density at radius 2 is 2.25 bits per heavy atom. The highest BCUT2D eigenvalue weighted by atomic mass is 16.5. The number of ether oxygens (including phenoxy) is 1. The zero-order valence-electron chi connectivity index (χ0n) is 12.6. The Balaban J connectivity index is 2.08. The summed E-state index contributed by atoms with van der Waals surface area (Å²) in [5.74, 6) is 0.908. The molecule has 0 radical (unpaired) electrons. The fourth-order valence-electron chi connectivity index (χ4n) is 2.41. The molecule has 1 atom stereocenters. The lowest BCUT2D eigenvalue weighted by Crippen LogP contribution is -2.29. The van der Waals surface area contributed by atoms with Crippen LogP contribution in [0.25, 0.3) is 0 Å². The quantitative estimate of drug-likeness (QED) is 0.809. The maximum atomic E-state index is 11.9. The van der Waals surface area contributed by atoms with Gasteiger partial charge in [0, 0.05) is 32.1 Å². The third-order valence-electron chi connectivity index (χ3n) is 3.61. The first-order valence-corrected chi connectivity index (χ1v) is 7.33. The maximum Gasteiger partial charge on any atom is 0.263 e. The molecule has 0 bridgehead atoms. The van der Waals surface area contributed by atoms with Crippen LogP contribution < -0.4 is 10.1 Å². The number of hydrogen-bond donors (Lipinski definition) is 1. The van der Waals surface area contributed by atoms with Crippen molar-refractivity contribution in [3.8, 4) is 5.75 Å². The Kier molecular flexibility index (Phi) is 5.01. The van der Waals surface area contributed by atoms with Crippen LogP contribution in [0.1, 0.15) is 30.9 Å². The summed E-state index contributed by atoms with van der Waals surface area (Å²) in [6.07, 6.45) is 1.55. The van der Waals surface area contributed by atoms with Crippen LogP contribution in [0.4, 0.5) is 0 Å². The van der Waals surface area contributed by atoms with E-state index in [9.17, 15) is 4.79 Å². The lowest BCUT2D eigenvalue weighted by atomic mass is 10.1. The minimum absolute atomic E-state index is 0.0815. The second-order valence-corrected chi connectivity index (χ2v) is 5.44. The first-order valence-electron chi connectivity index (χ1n) is 7.33. The fourth-order valence-corrected chi connectivity index (χ4v) is 2.41. The van der Waals surface area contributed by atoms with Crippen LogP contribution in [0.5, 0.6) is 5.75 Å². The minimum Gasteiger partial charge on any atom is -0.480 e. The van der Waals surface area contributed by atoms with Gasteiger partial charge in [-0.15, -0.1) is 0 Å². The number of amides is 1. The number of rotatable bonds is 6. The van der Waals surface area contributed by atoms with Gasteiger partial charge in [0.2, 0.25) is 0 Å². The molecule has 20 heavy (non-hydrogen) atoms. The minimum atomic E-state index is -0.326. The van der Waals surface area contributed by atoms with E-state index in [0.29, 0.717) is 0 Å². The van der Waals surface area contributed by atoms with Crippen molar-refractivity contribution in [2.75, 3.05) is 20.1 Å². The van der Waals surface area contributed by atoms with E-state index in [0.717, 1.165) is 43.8 Å². The van der Waals surface area contributed by atoms with Crippen LogP contribution in [0, 0.1) is 6.92 Å². The summed E-state index contributed by atoms with van der Waals surface area (Å²) >= 11 is 0. The predicted octanol–water partition coefficient (Wildman–Crippen LogP) is 2.10. The predicted molar refractivity (Wildman–Crippen MR) is 79.8 cm³/mol. The molecule has 1 N–H and O–H groups in total. The molecule has 1 aliphatic heterocycles. The molecule has 4 nitrogen and oxygen atoms in total. The smallest absolute Gasteiger partial charge is 0.263 e. The molecule has 2 rings (SSSR count). The molecule has 1 amide bonds. The average molecular weight is 276 g/mol. The van der Waals surface area contributed by atoms with Gasteiger partial charge in [0.05, 0.1) is 0 Å². The Bertz CT molecular complexity index is 474. The molecule has 1 unspecified atom stereocenters. The highest BCUT2D eigenvalue weighted by Gasteiger charge is 2.31. The SMILES string of the molecule is CCCNCc1cc(C)ccc1OC1CCN(C)C1=O. The zero-order valence-corrected chi connectivity index (χ0v) is 12.6. The Labute approximate surface area is 121 Å². The molecule has 1 saturated heterocycles. The Hall–Kier alpha value is -1.55. The number of likely N-dealkylation sites (tertiary alicyclic amines) is 1. The number of aryl methyl sites for hydroxylation is 1. The van der Waals surface area contributed by atoms with Crippen LogP contribution in [-0.4, -0.2) is 37.0 Å². The Morgan fingerprint density at radius 1 is 1.45 bits per heavy atom. The summed E-state index contributed by atoms with van der Waals surface area (Å²) in [6, 6.07) is 6.13. The first-order chi connectivity index (χ1) is 9.61. The summed E-state index contributed by atoms with van der Waals surface area (Å²) in [6.45, 7) is 6.76. The highest BCUT2D eigenvalue weighted by molar-refractivity contribution is 5.83. The monoisotopic (exact) mass is 276 g/mol. The van der Waals surface area contributed by atoms with E-state index in [4.69, 9.17) is 4.74 Å². The molecule has 110 valence electrons. The molecule has 1 heterocycles. The van der Waals surface area contributed by atoms with Gasteiger partial charge in [-0.3, -0.25) is 4.79 Å². The molecular weight excluding hydrogens is 252 g/mol. The van der Waals surface area contributed by atoms with E-state index < -0.39 is 0 Å². The second-order valence-electron chi connectivity index (χ2n) is 5.44. The van der Waals surface area contributed by atoms with Gasteiger partial charge in [0.15, 0.2) is 6.10 Å². The van der Waals surface area contributed by atoms with E-state index >= 15 is 0 Å². The average Bonchev–Trinajstić information content (AvgIpc) is 2.74. The number of carbonyl (C=O) groups is 1. The van der Waals surface area contributed by atoms with Crippen LogP contribution in [0.3, 0.4) is 0 Å². The maximum absolute atomic E-state index is 11.9. The van der Waals surface area contributed by atoms with E-state index in [2.05, 4.69) is 25.2 Å². The van der Waals surface area contributed by atoms with Crippen LogP contribution in [0.15, 0.2) is 18.2 Å². The molecule has 0 aliphatic carbocycles. The van der Waals surface area contributed by atoms with Crippen molar-refractivity contribution >= 4 is 5.91 Å². The molecule has 1 fully saturated rings. The normalized spacial score (nSPS) is 18.6. The summed E-state index contributed by atoms with van der Waals surface area (Å²) < 4.78 is 5.94. The van der Waals surface area contributed by atoms with E-state index in [1.54, 1.807) is 4.90 Å². The van der Waals surface area contributed by atoms with Crippen molar-refractivity contribution < 1.29 is 9.53 Å². The molecule has 1 aliphatic rings. The first kappa shape index (κ1) is 14.9. The van der Waals surface area contributed by atoms with Crippen molar-refractivity contribution in [2.24, 2.45) is 0 Å². The van der Waals surface area contributed by atoms with Gasteiger partial charge in [-0.2, -0.15) is 0 Å². The topological polar surface area (TPSA) is 41.6 Å². The van der Waals surface area contributed by atoms with Gasteiger partial charge in [-0.1, -0.05) is 24.6 Å². The molecule has 0 aromatic heterocycles. The zero-order chi connectivity index (χ0) is 14.5. The van der Waals surface area contributed by atoms with Crippen molar-refractivity contribution in [1.82, 2.24) is 10.2 Å². The summed E-state index contributed by atoms with van der Waals surface area (Å²) in [7, 11) is 1.82. The molecular formula is C16H24N2O2. The lowest BCUT2D eigenvalue weighted by Gasteiger charge is -2.17. The summed E-state index contributed by atoms with van der Waals surface area (Å²) in [5, 5.41) is 3.39. The molecule has 1 aromatic carbocycles. The van der Waals surface area contributed by atoms with Crippen molar-refractivity contribution in [3.63, 3.8) is 0 Å².